The highest BCUT2D eigenvalue weighted by atomic mass is 35.5. The number of nitrogens with one attached hydrogen (secondary N) is 1. The Balaban J connectivity index is 1.71. The molecule has 0 saturated heterocycles. The first-order chi connectivity index (χ1) is 14.0. The summed E-state index contributed by atoms with van der Waals surface area (Å²) in [4.78, 5) is 23.7. The van der Waals surface area contributed by atoms with E-state index in [1.54, 1.807) is 36.4 Å². The van der Waals surface area contributed by atoms with E-state index in [0.717, 1.165) is 16.8 Å². The number of halogens is 1. The molecule has 0 aliphatic carbocycles. The number of Topliss-reactive ketones (excluding diaryl/α,β-unsaturated/α-hetero) is 1. The third-order valence-corrected chi connectivity index (χ3v) is 4.96. The number of ketones is 1. The van der Waals surface area contributed by atoms with Gasteiger partial charge in [0.2, 0.25) is 0 Å². The molecular formula is C24H22ClNO3. The fraction of sp³-hybridized carbons (Fsp3) is 0.167. The topological polar surface area (TPSA) is 66.4 Å². The lowest BCUT2D eigenvalue weighted by Crippen LogP contribution is -2.16. The standard InChI is InChI=1S/C24H22ClNO3/c25-20-11-7-18(8-12-20)23(26-21-13-9-19(10-14-21)24(28)29)16-22(27)15-6-17-4-2-1-3-5-17/h1-5,7-14,23,26H,6,15-16H2,(H,28,29). The van der Waals surface area contributed by atoms with Crippen LogP contribution in [-0.2, 0) is 11.2 Å². The Kier molecular flexibility index (Phi) is 7.04. The van der Waals surface area contributed by atoms with Gasteiger partial charge >= 0.3 is 5.97 Å². The van der Waals surface area contributed by atoms with Crippen LogP contribution in [0, 0.1) is 0 Å². The van der Waals surface area contributed by atoms with Crippen LogP contribution in [0.4, 0.5) is 5.69 Å². The zero-order valence-corrected chi connectivity index (χ0v) is 16.6. The van der Waals surface area contributed by atoms with Crippen molar-refractivity contribution in [2.75, 3.05) is 5.32 Å². The van der Waals surface area contributed by atoms with E-state index in [4.69, 9.17) is 16.7 Å². The maximum absolute atomic E-state index is 12.7. The molecule has 5 heteroatoms. The van der Waals surface area contributed by atoms with Crippen molar-refractivity contribution < 1.29 is 14.7 Å². The predicted octanol–water partition coefficient (Wildman–Crippen LogP) is 5.78. The van der Waals surface area contributed by atoms with E-state index in [9.17, 15) is 9.59 Å². The first-order valence-corrected chi connectivity index (χ1v) is 9.80. The molecule has 0 aliphatic rings. The number of rotatable bonds is 9. The van der Waals surface area contributed by atoms with Gasteiger partial charge in [-0.05, 0) is 53.9 Å². The zero-order chi connectivity index (χ0) is 20.6. The molecular weight excluding hydrogens is 386 g/mol. The van der Waals surface area contributed by atoms with Crippen LogP contribution >= 0.6 is 11.6 Å². The van der Waals surface area contributed by atoms with E-state index < -0.39 is 5.97 Å². The number of hydrogen-bond acceptors (Lipinski definition) is 3. The lowest BCUT2D eigenvalue weighted by Gasteiger charge is -2.20. The van der Waals surface area contributed by atoms with Crippen molar-refractivity contribution in [2.24, 2.45) is 0 Å². The zero-order valence-electron chi connectivity index (χ0n) is 15.8. The Morgan fingerprint density at radius 3 is 2.17 bits per heavy atom. The summed E-state index contributed by atoms with van der Waals surface area (Å²) in [6, 6.07) is 23.6. The molecule has 0 radical (unpaired) electrons. The molecule has 1 atom stereocenters. The Morgan fingerprint density at radius 1 is 0.897 bits per heavy atom. The summed E-state index contributed by atoms with van der Waals surface area (Å²) >= 11 is 6.00. The molecule has 0 saturated carbocycles. The Hall–Kier alpha value is -3.11. The third kappa shape index (κ3) is 6.19. The van der Waals surface area contributed by atoms with Crippen LogP contribution in [-0.4, -0.2) is 16.9 Å². The van der Waals surface area contributed by atoms with Crippen molar-refractivity contribution in [1.29, 1.82) is 0 Å². The summed E-state index contributed by atoms with van der Waals surface area (Å²) < 4.78 is 0. The first kappa shape index (κ1) is 20.6. The Morgan fingerprint density at radius 2 is 1.55 bits per heavy atom. The summed E-state index contributed by atoms with van der Waals surface area (Å²) in [6.45, 7) is 0. The molecule has 3 rings (SSSR count). The number of anilines is 1. The molecule has 3 aromatic rings. The highest BCUT2D eigenvalue weighted by molar-refractivity contribution is 6.30. The Bertz CT molecular complexity index is 954. The molecule has 4 nitrogen and oxygen atoms in total. The van der Waals surface area contributed by atoms with Crippen molar-refractivity contribution in [1.82, 2.24) is 0 Å². The third-order valence-electron chi connectivity index (χ3n) is 4.71. The van der Waals surface area contributed by atoms with E-state index in [2.05, 4.69) is 5.32 Å². The molecule has 3 aromatic carbocycles. The van der Waals surface area contributed by atoms with Crippen LogP contribution < -0.4 is 5.32 Å². The van der Waals surface area contributed by atoms with Gasteiger partial charge in [0.05, 0.1) is 11.6 Å². The monoisotopic (exact) mass is 407 g/mol. The number of carboxylic acid groups (broad SMARTS) is 1. The van der Waals surface area contributed by atoms with E-state index in [-0.39, 0.29) is 17.4 Å². The average Bonchev–Trinajstić information content (AvgIpc) is 2.73. The van der Waals surface area contributed by atoms with Crippen molar-refractivity contribution in [3.63, 3.8) is 0 Å². The number of aryl methyl sites for hydroxylation is 1. The van der Waals surface area contributed by atoms with Gasteiger partial charge in [-0.2, -0.15) is 0 Å². The van der Waals surface area contributed by atoms with E-state index in [1.807, 2.05) is 42.5 Å². The molecule has 2 N–H and O–H groups in total. The summed E-state index contributed by atoms with van der Waals surface area (Å²) in [5, 5.41) is 13.0. The van der Waals surface area contributed by atoms with Crippen LogP contribution in [0.1, 0.15) is 40.4 Å². The van der Waals surface area contributed by atoms with Crippen molar-refractivity contribution in [3.8, 4) is 0 Å². The Labute approximate surface area is 175 Å². The van der Waals surface area contributed by atoms with Gasteiger partial charge in [0.25, 0.3) is 0 Å². The molecule has 0 bridgehead atoms. The molecule has 0 fully saturated rings. The number of carbonyl (C=O) groups is 2. The minimum Gasteiger partial charge on any atom is -0.478 e. The summed E-state index contributed by atoms with van der Waals surface area (Å²) in [5.74, 6) is -0.814. The smallest absolute Gasteiger partial charge is 0.335 e. The molecule has 0 amide bonds. The molecule has 148 valence electrons. The highest BCUT2D eigenvalue weighted by Gasteiger charge is 2.16. The lowest BCUT2D eigenvalue weighted by atomic mass is 9.97. The fourth-order valence-electron chi connectivity index (χ4n) is 3.12. The van der Waals surface area contributed by atoms with Crippen LogP contribution in [0.25, 0.3) is 0 Å². The molecule has 0 spiro atoms. The minimum atomic E-state index is -0.970. The van der Waals surface area contributed by atoms with Gasteiger partial charge in [-0.3, -0.25) is 4.79 Å². The largest absolute Gasteiger partial charge is 0.478 e. The van der Waals surface area contributed by atoms with Crippen molar-refractivity contribution in [3.05, 3.63) is 101 Å². The van der Waals surface area contributed by atoms with Crippen LogP contribution in [0.5, 0.6) is 0 Å². The second-order valence-electron chi connectivity index (χ2n) is 6.86. The van der Waals surface area contributed by atoms with Gasteiger partial charge in [-0.25, -0.2) is 4.79 Å². The van der Waals surface area contributed by atoms with E-state index in [1.165, 1.54) is 0 Å². The second-order valence-corrected chi connectivity index (χ2v) is 7.30. The molecule has 0 aliphatic heterocycles. The second kappa shape index (κ2) is 9.89. The summed E-state index contributed by atoms with van der Waals surface area (Å²) in [7, 11) is 0. The van der Waals surface area contributed by atoms with Gasteiger partial charge in [0, 0.05) is 23.6 Å². The predicted molar refractivity (Wildman–Crippen MR) is 116 cm³/mol. The van der Waals surface area contributed by atoms with Crippen molar-refractivity contribution in [2.45, 2.75) is 25.3 Å². The van der Waals surface area contributed by atoms with E-state index in [0.29, 0.717) is 24.3 Å². The maximum atomic E-state index is 12.7. The van der Waals surface area contributed by atoms with Gasteiger partial charge in [0.1, 0.15) is 5.78 Å². The maximum Gasteiger partial charge on any atom is 0.335 e. The number of carbonyl (C=O) groups excluding carboxylic acids is 1. The quantitative estimate of drug-likeness (QED) is 0.471. The normalized spacial score (nSPS) is 11.6. The van der Waals surface area contributed by atoms with Crippen LogP contribution in [0.3, 0.4) is 0 Å². The van der Waals surface area contributed by atoms with Crippen LogP contribution in [0.15, 0.2) is 78.9 Å². The number of aromatic carboxylic acids is 1. The SMILES string of the molecule is O=C(CCc1ccccc1)CC(Nc1ccc(C(=O)O)cc1)c1ccc(Cl)cc1. The molecule has 1 unspecified atom stereocenters. The lowest BCUT2D eigenvalue weighted by molar-refractivity contribution is -0.119. The van der Waals surface area contributed by atoms with Gasteiger partial charge < -0.3 is 10.4 Å². The molecule has 0 aromatic heterocycles. The number of carboxylic acids is 1. The van der Waals surface area contributed by atoms with Gasteiger partial charge in [-0.1, -0.05) is 54.1 Å². The number of benzene rings is 3. The highest BCUT2D eigenvalue weighted by Crippen LogP contribution is 2.25. The van der Waals surface area contributed by atoms with Gasteiger partial charge in [-0.15, -0.1) is 0 Å². The fourth-order valence-corrected chi connectivity index (χ4v) is 3.24. The van der Waals surface area contributed by atoms with Gasteiger partial charge in [0.15, 0.2) is 0 Å². The molecule has 29 heavy (non-hydrogen) atoms. The molecule has 0 heterocycles. The average molecular weight is 408 g/mol. The van der Waals surface area contributed by atoms with Crippen molar-refractivity contribution >= 4 is 29.0 Å². The first-order valence-electron chi connectivity index (χ1n) is 9.42. The summed E-state index contributed by atoms with van der Waals surface area (Å²) in [5.41, 5.74) is 3.06. The van der Waals surface area contributed by atoms with E-state index >= 15 is 0 Å². The summed E-state index contributed by atoms with van der Waals surface area (Å²) in [6.07, 6.45) is 1.50. The number of hydrogen-bond donors (Lipinski definition) is 2. The van der Waals surface area contributed by atoms with Crippen LogP contribution in [0.2, 0.25) is 5.02 Å². The minimum absolute atomic E-state index is 0.156.